The number of piperidine rings is 1. The van der Waals surface area contributed by atoms with Gasteiger partial charge in [-0.1, -0.05) is 6.42 Å². The van der Waals surface area contributed by atoms with Gasteiger partial charge in [-0.15, -0.1) is 0 Å². The van der Waals surface area contributed by atoms with Crippen molar-refractivity contribution in [3.05, 3.63) is 36.0 Å². The number of ether oxygens (including phenoxy) is 1. The van der Waals surface area contributed by atoms with Crippen molar-refractivity contribution in [3.63, 3.8) is 0 Å². The molecule has 4 nitrogen and oxygen atoms in total. The topological polar surface area (TPSA) is 45.6 Å². The second-order valence-electron chi connectivity index (χ2n) is 6.07. The van der Waals surface area contributed by atoms with Crippen LogP contribution >= 0.6 is 0 Å². The molecule has 1 fully saturated rings. The summed E-state index contributed by atoms with van der Waals surface area (Å²) in [6.45, 7) is 4.26. The van der Waals surface area contributed by atoms with Crippen LogP contribution in [0.5, 0.6) is 5.75 Å². The monoisotopic (exact) mass is 300 g/mol. The molecule has 2 heterocycles. The van der Waals surface area contributed by atoms with Crippen molar-refractivity contribution < 1.29 is 9.84 Å². The average molecular weight is 300 g/mol. The number of hydrogen-bond donors (Lipinski definition) is 1. The molecule has 1 aromatic heterocycles. The van der Waals surface area contributed by atoms with Crippen molar-refractivity contribution in [1.29, 1.82) is 0 Å². The highest BCUT2D eigenvalue weighted by Gasteiger charge is 2.25. The van der Waals surface area contributed by atoms with Crippen LogP contribution in [0, 0.1) is 0 Å². The lowest BCUT2D eigenvalue weighted by Crippen LogP contribution is -2.40. The Morgan fingerprint density at radius 2 is 1.95 bits per heavy atom. The first kappa shape index (κ1) is 15.3. The Morgan fingerprint density at radius 3 is 2.68 bits per heavy atom. The number of hydrogen-bond acceptors (Lipinski definition) is 4. The summed E-state index contributed by atoms with van der Waals surface area (Å²) in [5.74, 6) is 0.791. The molecule has 0 aliphatic carbocycles. The Labute approximate surface area is 131 Å². The number of benzene rings is 1. The summed E-state index contributed by atoms with van der Waals surface area (Å²) in [7, 11) is 1.66. The van der Waals surface area contributed by atoms with Gasteiger partial charge in [0.15, 0.2) is 0 Å². The molecule has 2 atom stereocenters. The summed E-state index contributed by atoms with van der Waals surface area (Å²) in [6.07, 6.45) is 5.00. The zero-order chi connectivity index (χ0) is 15.5. The minimum atomic E-state index is -0.518. The maximum Gasteiger partial charge on any atom is 0.119 e. The highest BCUT2D eigenvalue weighted by atomic mass is 16.5. The maximum atomic E-state index is 10.9. The molecule has 3 rings (SSSR count). The van der Waals surface area contributed by atoms with Gasteiger partial charge in [0.2, 0.25) is 0 Å². The summed E-state index contributed by atoms with van der Waals surface area (Å²) >= 11 is 0. The van der Waals surface area contributed by atoms with Crippen LogP contribution in [0.25, 0.3) is 10.9 Å². The number of aliphatic hydroxyl groups excluding tert-OH is 1. The van der Waals surface area contributed by atoms with Gasteiger partial charge in [0.05, 0.1) is 18.7 Å². The van der Waals surface area contributed by atoms with E-state index in [-0.39, 0.29) is 6.04 Å². The van der Waals surface area contributed by atoms with E-state index in [1.165, 1.54) is 19.3 Å². The van der Waals surface area contributed by atoms with Crippen LogP contribution in [-0.2, 0) is 0 Å². The highest BCUT2D eigenvalue weighted by Crippen LogP contribution is 2.30. The number of aromatic nitrogens is 1. The second kappa shape index (κ2) is 6.63. The molecule has 4 heteroatoms. The number of nitrogens with zero attached hydrogens (tertiary/aromatic N) is 2. The van der Waals surface area contributed by atoms with E-state index in [1.807, 2.05) is 24.3 Å². The third kappa shape index (κ3) is 2.94. The predicted molar refractivity (Wildman–Crippen MR) is 88.1 cm³/mol. The van der Waals surface area contributed by atoms with Crippen molar-refractivity contribution in [3.8, 4) is 5.75 Å². The lowest BCUT2D eigenvalue weighted by atomic mass is 9.97. The Balaban J connectivity index is 1.93. The predicted octanol–water partition coefficient (Wildman–Crippen LogP) is 3.15. The first-order chi connectivity index (χ1) is 10.7. The van der Waals surface area contributed by atoms with E-state index in [0.717, 1.165) is 35.3 Å². The first-order valence-electron chi connectivity index (χ1n) is 8.05. The molecule has 1 saturated heterocycles. The quantitative estimate of drug-likeness (QED) is 0.942. The molecule has 0 radical (unpaired) electrons. The molecule has 1 aliphatic heterocycles. The van der Waals surface area contributed by atoms with E-state index in [1.54, 1.807) is 13.3 Å². The first-order valence-corrected chi connectivity index (χ1v) is 8.05. The summed E-state index contributed by atoms with van der Waals surface area (Å²) in [4.78, 5) is 6.78. The molecule has 1 N–H and O–H groups in total. The SMILES string of the molecule is COc1ccc2nccc(C(O)C(C)N3CCCCC3)c2c1. The molecule has 0 saturated carbocycles. The average Bonchev–Trinajstić information content (AvgIpc) is 2.60. The van der Waals surface area contributed by atoms with E-state index in [2.05, 4.69) is 16.8 Å². The van der Waals surface area contributed by atoms with Crippen LogP contribution in [0.3, 0.4) is 0 Å². The fraction of sp³-hybridized carbons (Fsp3) is 0.500. The van der Waals surface area contributed by atoms with E-state index in [0.29, 0.717) is 0 Å². The highest BCUT2D eigenvalue weighted by molar-refractivity contribution is 5.83. The lowest BCUT2D eigenvalue weighted by Gasteiger charge is -2.35. The van der Waals surface area contributed by atoms with Gasteiger partial charge in [-0.3, -0.25) is 9.88 Å². The van der Waals surface area contributed by atoms with Gasteiger partial charge in [0.25, 0.3) is 0 Å². The van der Waals surface area contributed by atoms with Gasteiger partial charge < -0.3 is 9.84 Å². The maximum absolute atomic E-state index is 10.9. The number of aliphatic hydroxyl groups is 1. The minimum absolute atomic E-state index is 0.108. The fourth-order valence-corrected chi connectivity index (χ4v) is 3.32. The molecule has 0 bridgehead atoms. The molecule has 1 aliphatic rings. The van der Waals surface area contributed by atoms with Gasteiger partial charge in [-0.05, 0) is 62.7 Å². The smallest absolute Gasteiger partial charge is 0.119 e. The van der Waals surface area contributed by atoms with Gasteiger partial charge in [0.1, 0.15) is 5.75 Å². The third-order valence-electron chi connectivity index (χ3n) is 4.72. The number of likely N-dealkylation sites (tertiary alicyclic amines) is 1. The third-order valence-corrected chi connectivity index (χ3v) is 4.72. The standard InChI is InChI=1S/C18H24N2O2/c1-13(20-10-4-3-5-11-20)18(21)15-8-9-19-17-7-6-14(22-2)12-16(15)17/h6-9,12-13,18,21H,3-5,10-11H2,1-2H3. The van der Waals surface area contributed by atoms with Crippen molar-refractivity contribution in [1.82, 2.24) is 9.88 Å². The number of rotatable bonds is 4. The summed E-state index contributed by atoms with van der Waals surface area (Å²) < 4.78 is 5.31. The summed E-state index contributed by atoms with van der Waals surface area (Å²) in [6, 6.07) is 7.84. The molecule has 22 heavy (non-hydrogen) atoms. The fourth-order valence-electron chi connectivity index (χ4n) is 3.32. The Morgan fingerprint density at radius 1 is 1.18 bits per heavy atom. The van der Waals surface area contributed by atoms with Crippen molar-refractivity contribution in [2.75, 3.05) is 20.2 Å². The van der Waals surface area contributed by atoms with Crippen LogP contribution in [0.1, 0.15) is 37.9 Å². The van der Waals surface area contributed by atoms with E-state index in [9.17, 15) is 5.11 Å². The molecular weight excluding hydrogens is 276 g/mol. The van der Waals surface area contributed by atoms with E-state index >= 15 is 0 Å². The van der Waals surface area contributed by atoms with Crippen LogP contribution in [0.15, 0.2) is 30.5 Å². The Bertz CT molecular complexity index is 638. The summed E-state index contributed by atoms with van der Waals surface area (Å²) in [5, 5.41) is 11.9. The normalized spacial score (nSPS) is 19.0. The Kier molecular flexibility index (Phi) is 4.60. The van der Waals surface area contributed by atoms with Gasteiger partial charge in [-0.2, -0.15) is 0 Å². The molecule has 2 unspecified atom stereocenters. The summed E-state index contributed by atoms with van der Waals surface area (Å²) in [5.41, 5.74) is 1.82. The van der Waals surface area contributed by atoms with Crippen molar-refractivity contribution in [2.24, 2.45) is 0 Å². The largest absolute Gasteiger partial charge is 0.497 e. The van der Waals surface area contributed by atoms with Crippen molar-refractivity contribution in [2.45, 2.75) is 38.3 Å². The van der Waals surface area contributed by atoms with Gasteiger partial charge >= 0.3 is 0 Å². The number of methoxy groups -OCH3 is 1. The van der Waals surface area contributed by atoms with E-state index < -0.39 is 6.10 Å². The van der Waals surface area contributed by atoms with Gasteiger partial charge in [0, 0.05) is 17.6 Å². The zero-order valence-electron chi connectivity index (χ0n) is 13.3. The van der Waals surface area contributed by atoms with Crippen molar-refractivity contribution >= 4 is 10.9 Å². The molecule has 1 aromatic carbocycles. The molecule has 2 aromatic rings. The van der Waals surface area contributed by atoms with Crippen LogP contribution in [-0.4, -0.2) is 41.2 Å². The van der Waals surface area contributed by atoms with Crippen LogP contribution < -0.4 is 4.74 Å². The zero-order valence-corrected chi connectivity index (χ0v) is 13.3. The Hall–Kier alpha value is -1.65. The number of fused-ring (bicyclic) bond motifs is 1. The minimum Gasteiger partial charge on any atom is -0.497 e. The molecule has 118 valence electrons. The second-order valence-corrected chi connectivity index (χ2v) is 6.07. The van der Waals surface area contributed by atoms with Crippen LogP contribution in [0.4, 0.5) is 0 Å². The lowest BCUT2D eigenvalue weighted by molar-refractivity contribution is 0.0479. The molecule has 0 amide bonds. The number of pyridine rings is 1. The van der Waals surface area contributed by atoms with Crippen LogP contribution in [0.2, 0.25) is 0 Å². The van der Waals surface area contributed by atoms with E-state index in [4.69, 9.17) is 4.74 Å². The molecule has 0 spiro atoms. The van der Waals surface area contributed by atoms with Gasteiger partial charge in [-0.25, -0.2) is 0 Å². The molecular formula is C18H24N2O2.